The van der Waals surface area contributed by atoms with Crippen molar-refractivity contribution in [2.75, 3.05) is 0 Å². The molecule has 0 atom stereocenters. The fraction of sp³-hybridized carbons (Fsp3) is 0.0769. The van der Waals surface area contributed by atoms with E-state index in [4.69, 9.17) is 31.0 Å². The van der Waals surface area contributed by atoms with Gasteiger partial charge >= 0.3 is 0 Å². The first-order valence-corrected chi connectivity index (χ1v) is 10.2. The van der Waals surface area contributed by atoms with Crippen molar-refractivity contribution >= 4 is 33.5 Å². The molecule has 0 aliphatic heterocycles. The van der Waals surface area contributed by atoms with Crippen molar-refractivity contribution in [2.24, 2.45) is 0 Å². The number of hydrogen-bond acceptors (Lipinski definition) is 4. The van der Waals surface area contributed by atoms with Crippen molar-refractivity contribution in [1.82, 2.24) is 4.98 Å². The molecular formula is C26H17ClN2O2. The fourth-order valence-electron chi connectivity index (χ4n) is 3.57. The number of benzene rings is 3. The van der Waals surface area contributed by atoms with E-state index in [1.165, 1.54) is 0 Å². The lowest BCUT2D eigenvalue weighted by molar-refractivity contribution is 0.305. The van der Waals surface area contributed by atoms with E-state index in [9.17, 15) is 0 Å². The van der Waals surface area contributed by atoms with Crippen LogP contribution in [0, 0.1) is 11.3 Å². The summed E-state index contributed by atoms with van der Waals surface area (Å²) in [4.78, 5) is 4.69. The third-order valence-electron chi connectivity index (χ3n) is 5.18. The number of rotatable bonds is 5. The van der Waals surface area contributed by atoms with Crippen LogP contribution in [0.2, 0.25) is 5.02 Å². The highest BCUT2D eigenvalue weighted by Crippen LogP contribution is 2.31. The molecule has 0 aliphatic rings. The Balaban J connectivity index is 1.41. The van der Waals surface area contributed by atoms with Crippen LogP contribution in [-0.2, 0) is 13.0 Å². The number of pyridine rings is 1. The Morgan fingerprint density at radius 2 is 1.71 bits per heavy atom. The van der Waals surface area contributed by atoms with Crippen LogP contribution < -0.4 is 4.74 Å². The normalized spacial score (nSPS) is 11.0. The minimum Gasteiger partial charge on any atom is -0.489 e. The molecule has 2 heterocycles. The van der Waals surface area contributed by atoms with Crippen molar-refractivity contribution < 1.29 is 9.15 Å². The Morgan fingerprint density at radius 3 is 2.58 bits per heavy atom. The number of nitriles is 1. The lowest BCUT2D eigenvalue weighted by Crippen LogP contribution is -1.99. The van der Waals surface area contributed by atoms with Gasteiger partial charge < -0.3 is 9.15 Å². The van der Waals surface area contributed by atoms with E-state index in [0.717, 1.165) is 38.7 Å². The predicted molar refractivity (Wildman–Crippen MR) is 122 cm³/mol. The van der Waals surface area contributed by atoms with Crippen molar-refractivity contribution in [1.29, 1.82) is 5.26 Å². The summed E-state index contributed by atoms with van der Waals surface area (Å²) >= 11 is 6.11. The van der Waals surface area contributed by atoms with Crippen LogP contribution in [0.3, 0.4) is 0 Å². The lowest BCUT2D eigenvalue weighted by Gasteiger charge is -2.09. The molecule has 5 aromatic rings. The maximum Gasteiger partial charge on any atom is 0.153 e. The summed E-state index contributed by atoms with van der Waals surface area (Å²) in [6.07, 6.45) is 0.365. The van der Waals surface area contributed by atoms with Crippen LogP contribution in [0.4, 0.5) is 0 Å². The molecule has 31 heavy (non-hydrogen) atoms. The highest BCUT2D eigenvalue weighted by atomic mass is 35.5. The van der Waals surface area contributed by atoms with Gasteiger partial charge in [0, 0.05) is 21.9 Å². The first kappa shape index (κ1) is 19.2. The average Bonchev–Trinajstić information content (AvgIpc) is 3.22. The Labute approximate surface area is 184 Å². The predicted octanol–water partition coefficient (Wildman–Crippen LogP) is 6.95. The van der Waals surface area contributed by atoms with E-state index in [1.807, 2.05) is 78.9 Å². The van der Waals surface area contributed by atoms with Crippen molar-refractivity contribution in [3.05, 3.63) is 95.0 Å². The number of hydrogen-bond donors (Lipinski definition) is 0. The van der Waals surface area contributed by atoms with Gasteiger partial charge in [-0.15, -0.1) is 0 Å². The van der Waals surface area contributed by atoms with Crippen LogP contribution >= 0.6 is 11.6 Å². The molecule has 0 unspecified atom stereocenters. The van der Waals surface area contributed by atoms with E-state index in [1.54, 1.807) is 0 Å². The van der Waals surface area contributed by atoms with Gasteiger partial charge in [0.2, 0.25) is 0 Å². The Bertz CT molecular complexity index is 1450. The minimum atomic E-state index is 0.365. The van der Waals surface area contributed by atoms with Crippen LogP contribution in [0.15, 0.2) is 83.3 Å². The van der Waals surface area contributed by atoms with Gasteiger partial charge in [-0.25, -0.2) is 4.98 Å². The number of furan rings is 1. The molecule has 0 saturated carbocycles. The molecule has 0 aliphatic carbocycles. The number of fused-ring (bicyclic) bond motifs is 2. The maximum atomic E-state index is 9.00. The number of ether oxygens (including phenoxy) is 1. The molecule has 0 saturated heterocycles. The second-order valence-electron chi connectivity index (χ2n) is 7.24. The first-order chi connectivity index (χ1) is 15.2. The molecule has 3 aromatic carbocycles. The summed E-state index contributed by atoms with van der Waals surface area (Å²) in [5, 5.41) is 11.7. The molecule has 5 rings (SSSR count). The molecule has 0 radical (unpaired) electrons. The zero-order chi connectivity index (χ0) is 21.2. The number of nitrogens with zero attached hydrogens (tertiary/aromatic N) is 2. The zero-order valence-electron chi connectivity index (χ0n) is 16.5. The maximum absolute atomic E-state index is 9.00. The first-order valence-electron chi connectivity index (χ1n) is 9.86. The van der Waals surface area contributed by atoms with Crippen LogP contribution in [-0.4, -0.2) is 4.98 Å². The molecular weight excluding hydrogens is 408 g/mol. The molecule has 0 bridgehead atoms. The SMILES string of the molecule is N#CCc1ccccc1COc1ccc2cc(-c3ccc4ccc(Cl)cc4n3)oc2c1. The molecule has 0 amide bonds. The standard InChI is InChI=1S/C26H17ClN2O2/c27-21-8-5-18-7-10-23(29-24(18)14-21)26-13-19-6-9-22(15-25(19)31-26)30-16-20-4-2-1-3-17(20)11-12-28/h1-10,13-15H,11,16H2. The van der Waals surface area contributed by atoms with Crippen LogP contribution in [0.5, 0.6) is 5.75 Å². The summed E-state index contributed by atoms with van der Waals surface area (Å²) < 4.78 is 12.0. The molecule has 5 heteroatoms. The van der Waals surface area contributed by atoms with Gasteiger partial charge in [-0.3, -0.25) is 0 Å². The topological polar surface area (TPSA) is 59.0 Å². The summed E-state index contributed by atoms with van der Waals surface area (Å²) in [6.45, 7) is 0.393. The summed E-state index contributed by atoms with van der Waals surface area (Å²) in [7, 11) is 0. The minimum absolute atomic E-state index is 0.365. The van der Waals surface area contributed by atoms with E-state index in [-0.39, 0.29) is 0 Å². The third-order valence-corrected chi connectivity index (χ3v) is 5.42. The monoisotopic (exact) mass is 424 g/mol. The molecule has 4 nitrogen and oxygen atoms in total. The largest absolute Gasteiger partial charge is 0.489 e. The highest BCUT2D eigenvalue weighted by molar-refractivity contribution is 6.31. The Hall–Kier alpha value is -3.81. The van der Waals surface area contributed by atoms with E-state index in [2.05, 4.69) is 6.07 Å². The van der Waals surface area contributed by atoms with Crippen molar-refractivity contribution in [3.63, 3.8) is 0 Å². The van der Waals surface area contributed by atoms with E-state index >= 15 is 0 Å². The third kappa shape index (κ3) is 3.96. The number of aromatic nitrogens is 1. The lowest BCUT2D eigenvalue weighted by atomic mass is 10.1. The highest BCUT2D eigenvalue weighted by Gasteiger charge is 2.10. The van der Waals surface area contributed by atoms with Gasteiger partial charge in [0.05, 0.1) is 18.0 Å². The molecule has 0 spiro atoms. The van der Waals surface area contributed by atoms with Crippen LogP contribution in [0.1, 0.15) is 11.1 Å². The quantitative estimate of drug-likeness (QED) is 0.306. The summed E-state index contributed by atoms with van der Waals surface area (Å²) in [5.74, 6) is 1.40. The second kappa shape index (κ2) is 8.14. The number of halogens is 1. The van der Waals surface area contributed by atoms with Crippen molar-refractivity contribution in [3.8, 4) is 23.3 Å². The smallest absolute Gasteiger partial charge is 0.153 e. The fourth-order valence-corrected chi connectivity index (χ4v) is 3.74. The average molecular weight is 425 g/mol. The van der Waals surface area contributed by atoms with Gasteiger partial charge in [-0.2, -0.15) is 5.26 Å². The Morgan fingerprint density at radius 1 is 0.903 bits per heavy atom. The molecule has 0 fully saturated rings. The molecule has 2 aromatic heterocycles. The van der Waals surface area contributed by atoms with Gasteiger partial charge in [0.25, 0.3) is 0 Å². The van der Waals surface area contributed by atoms with Gasteiger partial charge in [-0.1, -0.05) is 48.0 Å². The summed E-state index contributed by atoms with van der Waals surface area (Å²) in [6, 6.07) is 27.3. The summed E-state index contributed by atoms with van der Waals surface area (Å²) in [5.41, 5.74) is 4.28. The zero-order valence-corrected chi connectivity index (χ0v) is 17.3. The van der Waals surface area contributed by atoms with E-state index < -0.39 is 0 Å². The molecule has 0 N–H and O–H groups in total. The second-order valence-corrected chi connectivity index (χ2v) is 7.67. The van der Waals surface area contributed by atoms with E-state index in [0.29, 0.717) is 29.6 Å². The van der Waals surface area contributed by atoms with Crippen molar-refractivity contribution in [2.45, 2.75) is 13.0 Å². The van der Waals surface area contributed by atoms with Gasteiger partial charge in [-0.05, 0) is 47.5 Å². The molecule has 150 valence electrons. The van der Waals surface area contributed by atoms with Gasteiger partial charge in [0.1, 0.15) is 23.6 Å². The Kier molecular flexibility index (Phi) is 5.03. The van der Waals surface area contributed by atoms with Crippen LogP contribution in [0.25, 0.3) is 33.3 Å². The van der Waals surface area contributed by atoms with Gasteiger partial charge in [0.15, 0.2) is 5.76 Å².